The second-order valence-corrected chi connectivity index (χ2v) is 5.99. The number of hydrogen-bond acceptors (Lipinski definition) is 2. The first kappa shape index (κ1) is 16.0. The lowest BCUT2D eigenvalue weighted by molar-refractivity contribution is 0.0940. The van der Waals surface area contributed by atoms with Crippen molar-refractivity contribution in [2.75, 3.05) is 0 Å². The van der Waals surface area contributed by atoms with Crippen LogP contribution in [-0.4, -0.2) is 15.7 Å². The molecule has 0 fully saturated rings. The Morgan fingerprint density at radius 2 is 1.71 bits per heavy atom. The molecule has 0 unspecified atom stereocenters. The molecule has 0 saturated carbocycles. The number of nitrogens with zero attached hydrogens (tertiary/aromatic N) is 2. The molecular formula is C20H21N3O. The molecule has 0 spiro atoms. The molecule has 4 heteroatoms. The molecule has 0 aliphatic rings. The zero-order valence-electron chi connectivity index (χ0n) is 14.2. The average Bonchev–Trinajstić information content (AvgIpc) is 2.94. The van der Waals surface area contributed by atoms with Crippen LogP contribution in [0.2, 0.25) is 0 Å². The summed E-state index contributed by atoms with van der Waals surface area (Å²) in [4.78, 5) is 12.4. The van der Waals surface area contributed by atoms with Crippen LogP contribution in [0.15, 0.2) is 60.7 Å². The molecular weight excluding hydrogens is 298 g/mol. The lowest BCUT2D eigenvalue weighted by Gasteiger charge is -2.14. The third kappa shape index (κ3) is 3.38. The maximum atomic E-state index is 12.4. The number of hydrogen-bond donors (Lipinski definition) is 1. The topological polar surface area (TPSA) is 46.9 Å². The van der Waals surface area contributed by atoms with Crippen LogP contribution in [0.5, 0.6) is 0 Å². The predicted molar refractivity (Wildman–Crippen MR) is 95.4 cm³/mol. The molecule has 1 atom stereocenters. The van der Waals surface area contributed by atoms with Crippen LogP contribution in [0.4, 0.5) is 0 Å². The Morgan fingerprint density at radius 3 is 2.29 bits per heavy atom. The second kappa shape index (κ2) is 6.71. The highest BCUT2D eigenvalue weighted by atomic mass is 16.1. The van der Waals surface area contributed by atoms with E-state index < -0.39 is 0 Å². The van der Waals surface area contributed by atoms with Gasteiger partial charge in [0.05, 0.1) is 17.4 Å². The van der Waals surface area contributed by atoms with E-state index in [-0.39, 0.29) is 11.9 Å². The summed E-state index contributed by atoms with van der Waals surface area (Å²) < 4.78 is 1.88. The van der Waals surface area contributed by atoms with E-state index in [4.69, 9.17) is 0 Å². The molecule has 0 radical (unpaired) electrons. The van der Waals surface area contributed by atoms with Crippen LogP contribution in [0.1, 0.15) is 40.3 Å². The summed E-state index contributed by atoms with van der Waals surface area (Å²) in [5, 5.41) is 7.48. The summed E-state index contributed by atoms with van der Waals surface area (Å²) in [6, 6.07) is 19.4. The van der Waals surface area contributed by atoms with Crippen LogP contribution in [0, 0.1) is 13.8 Å². The smallest absolute Gasteiger partial charge is 0.251 e. The van der Waals surface area contributed by atoms with Crippen molar-refractivity contribution in [2.24, 2.45) is 0 Å². The fourth-order valence-corrected chi connectivity index (χ4v) is 2.75. The van der Waals surface area contributed by atoms with Crippen LogP contribution in [-0.2, 0) is 0 Å². The monoisotopic (exact) mass is 319 g/mol. The van der Waals surface area contributed by atoms with Crippen molar-refractivity contribution >= 4 is 5.91 Å². The number of benzene rings is 2. The molecule has 4 nitrogen and oxygen atoms in total. The number of aryl methyl sites for hydroxylation is 2. The molecule has 3 aromatic rings. The van der Waals surface area contributed by atoms with E-state index in [2.05, 4.69) is 10.4 Å². The average molecular weight is 319 g/mol. The first-order valence-electron chi connectivity index (χ1n) is 8.04. The van der Waals surface area contributed by atoms with E-state index in [1.54, 1.807) is 0 Å². The van der Waals surface area contributed by atoms with Crippen molar-refractivity contribution < 1.29 is 4.79 Å². The van der Waals surface area contributed by atoms with Crippen molar-refractivity contribution in [2.45, 2.75) is 26.8 Å². The predicted octanol–water partition coefficient (Wildman–Crippen LogP) is 3.98. The highest BCUT2D eigenvalue weighted by molar-refractivity contribution is 5.94. The molecule has 1 amide bonds. The van der Waals surface area contributed by atoms with Crippen LogP contribution < -0.4 is 5.32 Å². The molecule has 1 heterocycles. The molecule has 0 saturated heterocycles. The maximum absolute atomic E-state index is 12.4. The Balaban J connectivity index is 1.73. The minimum absolute atomic E-state index is 0.0330. The van der Waals surface area contributed by atoms with Gasteiger partial charge in [0.2, 0.25) is 0 Å². The number of aromatic nitrogens is 2. The van der Waals surface area contributed by atoms with Gasteiger partial charge in [-0.2, -0.15) is 5.10 Å². The van der Waals surface area contributed by atoms with Gasteiger partial charge in [0.25, 0.3) is 5.91 Å². The Kier molecular flexibility index (Phi) is 4.47. The highest BCUT2D eigenvalue weighted by Gasteiger charge is 2.12. The van der Waals surface area contributed by atoms with Crippen molar-refractivity contribution in [3.63, 3.8) is 0 Å². The van der Waals surface area contributed by atoms with Gasteiger partial charge in [0.15, 0.2) is 0 Å². The van der Waals surface area contributed by atoms with E-state index in [0.29, 0.717) is 5.56 Å². The van der Waals surface area contributed by atoms with E-state index in [9.17, 15) is 4.79 Å². The summed E-state index contributed by atoms with van der Waals surface area (Å²) in [5.41, 5.74) is 4.73. The molecule has 1 aromatic heterocycles. The zero-order chi connectivity index (χ0) is 17.1. The van der Waals surface area contributed by atoms with Gasteiger partial charge in [-0.25, -0.2) is 4.68 Å². The van der Waals surface area contributed by atoms with Crippen molar-refractivity contribution in [3.8, 4) is 5.69 Å². The third-order valence-corrected chi connectivity index (χ3v) is 4.03. The van der Waals surface area contributed by atoms with Gasteiger partial charge in [-0.3, -0.25) is 4.79 Å². The zero-order valence-corrected chi connectivity index (χ0v) is 14.2. The molecule has 24 heavy (non-hydrogen) atoms. The minimum Gasteiger partial charge on any atom is -0.346 e. The van der Waals surface area contributed by atoms with Crippen LogP contribution in [0.25, 0.3) is 5.69 Å². The highest BCUT2D eigenvalue weighted by Crippen LogP contribution is 2.15. The molecule has 122 valence electrons. The Hall–Kier alpha value is -2.88. The van der Waals surface area contributed by atoms with E-state index in [1.165, 1.54) is 0 Å². The van der Waals surface area contributed by atoms with Crippen LogP contribution >= 0.6 is 0 Å². The van der Waals surface area contributed by atoms with Crippen molar-refractivity contribution in [1.29, 1.82) is 0 Å². The largest absolute Gasteiger partial charge is 0.346 e. The summed E-state index contributed by atoms with van der Waals surface area (Å²) >= 11 is 0. The van der Waals surface area contributed by atoms with Gasteiger partial charge in [0.1, 0.15) is 0 Å². The summed E-state index contributed by atoms with van der Waals surface area (Å²) in [7, 11) is 0. The van der Waals surface area contributed by atoms with Crippen molar-refractivity contribution in [3.05, 3.63) is 83.2 Å². The number of amides is 1. The summed E-state index contributed by atoms with van der Waals surface area (Å²) in [6.45, 7) is 5.97. The molecule has 0 bridgehead atoms. The van der Waals surface area contributed by atoms with Gasteiger partial charge in [-0.15, -0.1) is 0 Å². The van der Waals surface area contributed by atoms with E-state index >= 15 is 0 Å². The Labute approximate surface area is 142 Å². The normalized spacial score (nSPS) is 12.0. The number of rotatable bonds is 4. The Morgan fingerprint density at radius 1 is 1.04 bits per heavy atom. The molecule has 2 aromatic carbocycles. The molecule has 3 rings (SSSR count). The standard InChI is InChI=1S/C20H21N3O/c1-14-13-15(2)23(22-14)19-11-9-18(10-12-19)20(24)21-16(3)17-7-5-4-6-8-17/h4-13,16H,1-3H3,(H,21,24)/t16-/m0/s1. The summed E-state index contributed by atoms with van der Waals surface area (Å²) in [6.07, 6.45) is 0. The quantitative estimate of drug-likeness (QED) is 0.790. The van der Waals surface area contributed by atoms with Crippen LogP contribution in [0.3, 0.4) is 0 Å². The van der Waals surface area contributed by atoms with Gasteiger partial charge >= 0.3 is 0 Å². The van der Waals surface area contributed by atoms with Gasteiger partial charge in [0, 0.05) is 11.3 Å². The van der Waals surface area contributed by atoms with Gasteiger partial charge in [-0.1, -0.05) is 30.3 Å². The Bertz CT molecular complexity index is 835. The fourth-order valence-electron chi connectivity index (χ4n) is 2.75. The molecule has 0 aliphatic carbocycles. The minimum atomic E-state index is -0.0775. The van der Waals surface area contributed by atoms with Gasteiger partial charge in [-0.05, 0) is 56.7 Å². The maximum Gasteiger partial charge on any atom is 0.251 e. The first-order valence-corrected chi connectivity index (χ1v) is 8.04. The number of carbonyl (C=O) groups is 1. The lowest BCUT2D eigenvalue weighted by Crippen LogP contribution is -2.26. The second-order valence-electron chi connectivity index (χ2n) is 5.99. The van der Waals surface area contributed by atoms with Crippen molar-refractivity contribution in [1.82, 2.24) is 15.1 Å². The first-order chi connectivity index (χ1) is 11.5. The SMILES string of the molecule is Cc1cc(C)n(-c2ccc(C(=O)N[C@@H](C)c3ccccc3)cc2)n1. The lowest BCUT2D eigenvalue weighted by atomic mass is 10.1. The third-order valence-electron chi connectivity index (χ3n) is 4.03. The van der Waals surface area contributed by atoms with E-state index in [0.717, 1.165) is 22.6 Å². The van der Waals surface area contributed by atoms with E-state index in [1.807, 2.05) is 86.1 Å². The number of carbonyl (C=O) groups excluding carboxylic acids is 1. The molecule has 1 N–H and O–H groups in total. The molecule has 0 aliphatic heterocycles. The van der Waals surface area contributed by atoms with Gasteiger partial charge < -0.3 is 5.32 Å². The number of nitrogens with one attached hydrogen (secondary N) is 1. The summed E-state index contributed by atoms with van der Waals surface area (Å²) in [5.74, 6) is -0.0775. The fraction of sp³-hybridized carbons (Fsp3) is 0.200.